The molecule has 0 aromatic heterocycles. The van der Waals surface area contributed by atoms with Crippen molar-refractivity contribution in [3.05, 3.63) is 101 Å². The number of carbonyl (C=O) groups is 6. The summed E-state index contributed by atoms with van der Waals surface area (Å²) in [7, 11) is -4.33. The Morgan fingerprint density at radius 2 is 1.14 bits per heavy atom. The summed E-state index contributed by atoms with van der Waals surface area (Å²) in [5.74, 6) is -7.96. The number of hydrazine groups is 1. The maximum absolute atomic E-state index is 13.7. The standard InChI is InChI=1S/C44H51N9O16S3/c1-19-33-31(21(3)54)39(56)50(33)35(43(60)68-41(58)23-5-9-27(10-6-23)52(62)63)37(19)70-29-13-25(46-16-29)15-48-49(72(45,66)67)18-26-14-30(17-47-26)71-38-20(2)34-32(22(4)55)40(57)51(34)36(38)44(61)69-42(59)24-7-11-28(12-8-24)53(64)65/h5-12,19-22,25-26,29-34,46-48,54-55H,13-18H2,1-4H3,(H2,45,66,67)/t19-,20-,21-,22-,25+,26+,29+,30+,31-,32-,33-,34-/m1/s1. The van der Waals surface area contributed by atoms with Gasteiger partial charge < -0.3 is 40.1 Å². The summed E-state index contributed by atoms with van der Waals surface area (Å²) in [5.41, 5.74) is 1.81. The second kappa shape index (κ2) is 20.7. The fraction of sp³-hybridized carbons (Fsp3) is 0.500. The summed E-state index contributed by atoms with van der Waals surface area (Å²) in [6.07, 6.45) is -1.26. The highest BCUT2D eigenvalue weighted by Crippen LogP contribution is 2.53. The number of fused-ring (bicyclic) bond motifs is 2. The lowest BCUT2D eigenvalue weighted by Crippen LogP contribution is -2.63. The number of non-ortho nitro benzene ring substituents is 2. The number of nitro groups is 2. The maximum Gasteiger partial charge on any atom is 0.363 e. The van der Waals surface area contributed by atoms with E-state index >= 15 is 0 Å². The quantitative estimate of drug-likeness (QED) is 0.0392. The fourth-order valence-electron chi connectivity index (χ4n) is 10.2. The molecule has 0 unspecified atom stereocenters. The van der Waals surface area contributed by atoms with Gasteiger partial charge in [-0.3, -0.25) is 29.8 Å². The molecule has 2 aromatic carbocycles. The number of thioether (sulfide) groups is 2. The second-order valence-electron chi connectivity index (χ2n) is 18.5. The minimum absolute atomic E-state index is 0.0904. The van der Waals surface area contributed by atoms with Crippen LogP contribution in [0.3, 0.4) is 0 Å². The van der Waals surface area contributed by atoms with Gasteiger partial charge in [0, 0.05) is 94.7 Å². The molecule has 0 aliphatic carbocycles. The first-order chi connectivity index (χ1) is 34.0. The summed E-state index contributed by atoms with van der Waals surface area (Å²) in [5, 5.41) is 54.9. The van der Waals surface area contributed by atoms with Gasteiger partial charge >= 0.3 is 23.9 Å². The number of nitro benzene ring substituents is 2. The molecular weight excluding hydrogens is 1010 g/mol. The van der Waals surface area contributed by atoms with E-state index in [1.165, 1.54) is 47.2 Å². The van der Waals surface area contributed by atoms with Crippen LogP contribution in [0.4, 0.5) is 11.4 Å². The van der Waals surface area contributed by atoms with Crippen molar-refractivity contribution in [3.8, 4) is 0 Å². The van der Waals surface area contributed by atoms with Gasteiger partial charge in [-0.1, -0.05) is 13.8 Å². The predicted octanol–water partition coefficient (Wildman–Crippen LogP) is 0.646. The zero-order valence-electron chi connectivity index (χ0n) is 38.9. The van der Waals surface area contributed by atoms with E-state index in [9.17, 15) is 67.6 Å². The summed E-state index contributed by atoms with van der Waals surface area (Å²) < 4.78 is 37.2. The largest absolute Gasteiger partial charge is 0.393 e. The van der Waals surface area contributed by atoms with Crippen molar-refractivity contribution >= 4 is 80.8 Å². The van der Waals surface area contributed by atoms with Crippen LogP contribution in [0.5, 0.6) is 0 Å². The van der Waals surface area contributed by atoms with Gasteiger partial charge in [-0.15, -0.1) is 27.9 Å². The molecule has 6 aliphatic rings. The Hall–Kier alpha value is -5.69. The number of aliphatic hydroxyl groups excluding tert-OH is 2. The molecule has 0 saturated carbocycles. The number of hydrogen-bond acceptors (Lipinski definition) is 21. The topological polar surface area (TPSA) is 354 Å². The minimum atomic E-state index is -4.33. The normalized spacial score (nSPS) is 28.6. The van der Waals surface area contributed by atoms with Crippen molar-refractivity contribution < 1.29 is 66.7 Å². The molecule has 0 radical (unpaired) electrons. The highest BCUT2D eigenvalue weighted by Gasteiger charge is 2.62. The number of benzene rings is 2. The highest BCUT2D eigenvalue weighted by atomic mass is 32.2. The maximum atomic E-state index is 13.7. The molecule has 6 aliphatic heterocycles. The van der Waals surface area contributed by atoms with E-state index in [1.807, 2.05) is 0 Å². The molecule has 4 fully saturated rings. The molecule has 0 spiro atoms. The Labute approximate surface area is 419 Å². The number of aliphatic hydroxyl groups is 2. The van der Waals surface area contributed by atoms with Gasteiger partial charge in [-0.05, 0) is 51.0 Å². The number of nitrogens with one attached hydrogen (secondary N) is 3. The van der Waals surface area contributed by atoms with Crippen molar-refractivity contribution in [2.24, 2.45) is 28.8 Å². The first kappa shape index (κ1) is 52.6. The zero-order chi connectivity index (χ0) is 52.2. The van der Waals surface area contributed by atoms with Crippen molar-refractivity contribution in [1.29, 1.82) is 0 Å². The van der Waals surface area contributed by atoms with Crippen LogP contribution in [0.15, 0.2) is 69.7 Å². The Kier molecular flexibility index (Phi) is 15.1. The molecule has 0 bridgehead atoms. The number of hydrogen-bond donors (Lipinski definition) is 6. The van der Waals surface area contributed by atoms with Gasteiger partial charge in [0.05, 0.1) is 57.1 Å². The number of β-lactam (4-membered cyclic amide) rings is 2. The van der Waals surface area contributed by atoms with Gasteiger partial charge in [0.15, 0.2) is 0 Å². The molecule has 72 heavy (non-hydrogen) atoms. The number of amides is 2. The van der Waals surface area contributed by atoms with E-state index in [0.717, 1.165) is 52.9 Å². The van der Waals surface area contributed by atoms with Crippen LogP contribution in [0, 0.1) is 43.9 Å². The van der Waals surface area contributed by atoms with Crippen LogP contribution in [-0.4, -0.2) is 151 Å². The van der Waals surface area contributed by atoms with Crippen LogP contribution in [-0.2, 0) is 38.9 Å². The lowest BCUT2D eigenvalue weighted by molar-refractivity contribution is -0.385. The number of ether oxygens (including phenoxy) is 2. The summed E-state index contributed by atoms with van der Waals surface area (Å²) in [6, 6.07) is 6.93. The molecule has 2 amide bonds. The number of nitrogens with zero attached hydrogens (tertiary/aromatic N) is 5. The molecule has 12 atom stereocenters. The van der Waals surface area contributed by atoms with E-state index in [-0.39, 0.29) is 63.5 Å². The van der Waals surface area contributed by atoms with Gasteiger partial charge in [0.2, 0.25) is 11.8 Å². The third-order valence-corrected chi connectivity index (χ3v) is 17.7. The van der Waals surface area contributed by atoms with Gasteiger partial charge in [-0.2, -0.15) is 8.42 Å². The molecular formula is C44H51N9O16S3. The smallest absolute Gasteiger partial charge is 0.363 e. The zero-order valence-corrected chi connectivity index (χ0v) is 41.4. The third-order valence-electron chi connectivity index (χ3n) is 13.8. The average molecular weight is 1060 g/mol. The lowest BCUT2D eigenvalue weighted by atomic mass is 9.79. The highest BCUT2D eigenvalue weighted by molar-refractivity contribution is 8.04. The minimum Gasteiger partial charge on any atom is -0.393 e. The monoisotopic (exact) mass is 1060 g/mol. The summed E-state index contributed by atoms with van der Waals surface area (Å²) >= 11 is 2.56. The lowest BCUT2D eigenvalue weighted by Gasteiger charge is -2.46. The molecule has 386 valence electrons. The molecule has 2 aromatic rings. The Balaban J connectivity index is 0.899. The van der Waals surface area contributed by atoms with Crippen LogP contribution in [0.25, 0.3) is 0 Å². The Morgan fingerprint density at radius 1 is 0.750 bits per heavy atom. The number of nitrogens with two attached hydrogens (primary N) is 1. The van der Waals surface area contributed by atoms with Gasteiger partial charge in [0.25, 0.3) is 21.6 Å². The second-order valence-corrected chi connectivity index (χ2v) is 22.7. The summed E-state index contributed by atoms with van der Waals surface area (Å²) in [6.45, 7) is 7.24. The van der Waals surface area contributed by atoms with E-state index in [4.69, 9.17) is 14.6 Å². The van der Waals surface area contributed by atoms with Crippen LogP contribution >= 0.6 is 23.5 Å². The SMILES string of the molecule is C[C@@H](O)[C@H]1C(=O)N2C(C(=O)OC(=O)c3ccc([N+](=O)[O-])cc3)=C(S[C@@H]3CN[C@H](CNN(C[C@@H]4C[C@H](SC5=C(C(=O)OC(=O)c6ccc([N+](=O)[O-])cc6)N6C(=O)[C@H]([C@@H](C)O)[C@H]6[C@H]5C)CN4)S(N)(=O)=O)C3)[C@H](C)[C@H]12. The average Bonchev–Trinajstić information content (AvgIpc) is 4.07. The van der Waals surface area contributed by atoms with Gasteiger partial charge in [-0.25, -0.2) is 29.7 Å². The number of rotatable bonds is 18. The van der Waals surface area contributed by atoms with Crippen molar-refractivity contribution in [2.75, 3.05) is 26.2 Å². The van der Waals surface area contributed by atoms with E-state index < -0.39 is 110 Å². The van der Waals surface area contributed by atoms with E-state index in [0.29, 0.717) is 35.7 Å². The molecule has 28 heteroatoms. The van der Waals surface area contributed by atoms with Crippen LogP contribution in [0.2, 0.25) is 0 Å². The Morgan fingerprint density at radius 3 is 1.51 bits per heavy atom. The molecule has 7 N–H and O–H groups in total. The van der Waals surface area contributed by atoms with Crippen molar-refractivity contribution in [1.82, 2.24) is 30.3 Å². The van der Waals surface area contributed by atoms with E-state index in [1.54, 1.807) is 13.8 Å². The van der Waals surface area contributed by atoms with E-state index in [2.05, 4.69) is 16.1 Å². The van der Waals surface area contributed by atoms with Gasteiger partial charge in [0.1, 0.15) is 11.4 Å². The first-order valence-corrected chi connectivity index (χ1v) is 26.1. The summed E-state index contributed by atoms with van der Waals surface area (Å²) in [4.78, 5) is 104. The van der Waals surface area contributed by atoms with Crippen molar-refractivity contribution in [2.45, 2.75) is 87.4 Å². The molecule has 25 nitrogen and oxygen atoms in total. The van der Waals surface area contributed by atoms with Crippen LogP contribution < -0.4 is 21.2 Å². The molecule has 8 rings (SSSR count). The van der Waals surface area contributed by atoms with Crippen LogP contribution in [0.1, 0.15) is 61.3 Å². The third kappa shape index (κ3) is 10.2. The Bertz CT molecular complexity index is 2780. The first-order valence-electron chi connectivity index (χ1n) is 22.8. The molecule has 6 heterocycles. The fourth-order valence-corrected chi connectivity index (χ4v) is 13.9. The van der Waals surface area contributed by atoms with Crippen molar-refractivity contribution in [3.63, 3.8) is 0 Å². The predicted molar refractivity (Wildman–Crippen MR) is 254 cm³/mol. The molecule has 4 saturated heterocycles. The number of carbonyl (C=O) groups excluding carboxylic acids is 6. The number of esters is 4.